The van der Waals surface area contributed by atoms with Crippen molar-refractivity contribution in [2.24, 2.45) is 0 Å². The van der Waals surface area contributed by atoms with E-state index in [4.69, 9.17) is 25.1 Å². The molecule has 0 aliphatic heterocycles. The number of benzene rings is 1. The number of anilines is 1. The van der Waals surface area contributed by atoms with Gasteiger partial charge in [-0.05, 0) is 24.3 Å². The average Bonchev–Trinajstić information content (AvgIpc) is 2.28. The first-order chi connectivity index (χ1) is 8.06. The number of hydrogen-bond donors (Lipinski definition) is 1. The molecule has 0 aliphatic carbocycles. The fourth-order valence-electron chi connectivity index (χ4n) is 0.991. The molecule has 0 saturated heterocycles. The zero-order valence-corrected chi connectivity index (χ0v) is 14.7. The van der Waals surface area contributed by atoms with Crippen molar-refractivity contribution >= 4 is 42.5 Å². The summed E-state index contributed by atoms with van der Waals surface area (Å²) >= 11 is 0.670. The Morgan fingerprint density at radius 2 is 2.12 bits per heavy atom. The van der Waals surface area contributed by atoms with Crippen LogP contribution in [0.1, 0.15) is 13.3 Å². The minimum absolute atomic E-state index is 0.00824. The van der Waals surface area contributed by atoms with Crippen LogP contribution < -0.4 is 5.73 Å². The fraction of sp³-hybridized carbons (Fsp3) is 0.333. The first-order valence-electron chi connectivity index (χ1n) is 4.85. The number of thioether (sulfide) groups is 1. The number of hydrogen-bond acceptors (Lipinski definition) is 4. The van der Waals surface area contributed by atoms with Crippen LogP contribution in [0.15, 0.2) is 23.1 Å². The second-order valence-electron chi connectivity index (χ2n) is 2.93. The summed E-state index contributed by atoms with van der Waals surface area (Å²) in [6.07, 6.45) is 1.04. The van der Waals surface area contributed by atoms with E-state index in [0.717, 1.165) is 17.1 Å². The van der Waals surface area contributed by atoms with Gasteiger partial charge in [0.2, 0.25) is 0 Å². The zero-order chi connectivity index (χ0) is 13.3. The first kappa shape index (κ1) is 17.0. The van der Waals surface area contributed by atoms with Crippen LogP contribution in [0.5, 0.6) is 0 Å². The molecule has 0 heterocycles. The minimum atomic E-state index is -0.931. The Morgan fingerprint density at radius 3 is 2.59 bits per heavy atom. The molecule has 17 heavy (non-hydrogen) atoms. The van der Waals surface area contributed by atoms with Crippen LogP contribution in [-0.2, 0) is 15.1 Å². The van der Waals surface area contributed by atoms with Crippen molar-refractivity contribution in [3.8, 4) is 0 Å². The number of nitrogen functional groups attached to an aromatic ring is 1. The first-order valence-corrected chi connectivity index (χ1v) is 13.6. The molecule has 0 aliphatic rings. The van der Waals surface area contributed by atoms with Crippen molar-refractivity contribution in [3.05, 3.63) is 28.3 Å². The second-order valence-corrected chi connectivity index (χ2v) is 8.72. The molecule has 1 aromatic carbocycles. The van der Waals surface area contributed by atoms with Gasteiger partial charge in [0.25, 0.3) is 5.69 Å². The van der Waals surface area contributed by atoms with Gasteiger partial charge in [-0.15, -0.1) is 11.8 Å². The van der Waals surface area contributed by atoms with E-state index >= 15 is 0 Å². The third-order valence-electron chi connectivity index (χ3n) is 1.67. The van der Waals surface area contributed by atoms with Gasteiger partial charge in [0.05, 0.1) is 4.92 Å². The number of halogens is 2. The van der Waals surface area contributed by atoms with E-state index in [-0.39, 0.29) is 11.4 Å². The number of rotatable bonds is 4. The molecule has 0 unspecified atom stereocenters. The van der Waals surface area contributed by atoms with Gasteiger partial charge in [-0.25, -0.2) is 0 Å². The van der Waals surface area contributed by atoms with Crippen molar-refractivity contribution in [3.63, 3.8) is 0 Å². The van der Waals surface area contributed by atoms with Gasteiger partial charge < -0.3 is 5.73 Å². The number of nitrogens with zero attached hydrogens (tertiary/aromatic N) is 1. The molecule has 0 amide bonds. The number of nitrogens with two attached hydrogens (primary N) is 1. The molecule has 1 rings (SSSR count). The van der Waals surface area contributed by atoms with Gasteiger partial charge in [0, 0.05) is 11.0 Å². The van der Waals surface area contributed by atoms with Crippen molar-refractivity contribution in [1.29, 1.82) is 0 Å². The van der Waals surface area contributed by atoms with E-state index in [9.17, 15) is 10.1 Å². The van der Waals surface area contributed by atoms with E-state index in [2.05, 4.69) is 6.92 Å². The van der Waals surface area contributed by atoms with Crippen LogP contribution in [0.2, 0.25) is 0 Å². The maximum atomic E-state index is 10.6. The molecule has 0 spiro atoms. The van der Waals surface area contributed by atoms with E-state index in [1.807, 2.05) is 6.07 Å². The van der Waals surface area contributed by atoms with Crippen molar-refractivity contribution in [1.82, 2.24) is 0 Å². The SMILES string of the molecule is CCCSc1ccc(N)c([N+](=O)[O-])c1.[Cl][Zn][Cl]. The summed E-state index contributed by atoms with van der Waals surface area (Å²) in [6.45, 7) is 2.07. The third-order valence-corrected chi connectivity index (χ3v) is 2.87. The number of nitro benzene ring substituents is 1. The average molecular weight is 349 g/mol. The molecule has 0 bridgehead atoms. The normalized spacial score (nSPS) is 8.88. The summed E-state index contributed by atoms with van der Waals surface area (Å²) in [7, 11) is 9.90. The summed E-state index contributed by atoms with van der Waals surface area (Å²) in [6, 6.07) is 4.91. The molecule has 8 heteroatoms. The monoisotopic (exact) mass is 346 g/mol. The van der Waals surface area contributed by atoms with Crippen LogP contribution in [0.25, 0.3) is 0 Å². The van der Waals surface area contributed by atoms with Crippen molar-refractivity contribution < 1.29 is 20.1 Å². The van der Waals surface area contributed by atoms with E-state index < -0.39 is 20.1 Å². The molecule has 0 radical (unpaired) electrons. The summed E-state index contributed by atoms with van der Waals surface area (Å²) in [5.74, 6) is 0.959. The maximum absolute atomic E-state index is 10.6. The Bertz CT molecular complexity index is 369. The molecule has 1 aromatic rings. The summed E-state index contributed by atoms with van der Waals surface area (Å²) in [5, 5.41) is 10.6. The van der Waals surface area contributed by atoms with Gasteiger partial charge in [-0.2, -0.15) is 0 Å². The van der Waals surface area contributed by atoms with Crippen LogP contribution in [-0.4, -0.2) is 10.7 Å². The molecule has 4 nitrogen and oxygen atoms in total. The van der Waals surface area contributed by atoms with E-state index in [0.29, 0.717) is 0 Å². The molecular formula is C9H12Cl2N2O2SZn. The molecule has 2 N–H and O–H groups in total. The van der Waals surface area contributed by atoms with Gasteiger partial charge in [0.15, 0.2) is 0 Å². The third kappa shape index (κ3) is 7.09. The van der Waals surface area contributed by atoms with Crippen molar-refractivity contribution in [2.45, 2.75) is 18.2 Å². The zero-order valence-electron chi connectivity index (χ0n) is 9.36. The quantitative estimate of drug-likeness (QED) is 0.293. The van der Waals surface area contributed by atoms with Crippen LogP contribution in [0.4, 0.5) is 11.4 Å². The van der Waals surface area contributed by atoms with E-state index in [1.165, 1.54) is 6.07 Å². The predicted molar refractivity (Wildman–Crippen MR) is 70.2 cm³/mol. The standard InChI is InChI=1S/C9H12N2O2S.2ClH.Zn/c1-2-5-14-7-3-4-8(10)9(6-7)11(12)13;;;/h3-4,6H,2,5,10H2,1H3;2*1H;/q;;;+2/p-2. The van der Waals surface area contributed by atoms with Gasteiger partial charge in [-0.1, -0.05) is 6.92 Å². The topological polar surface area (TPSA) is 69.2 Å². The van der Waals surface area contributed by atoms with Crippen molar-refractivity contribution in [2.75, 3.05) is 11.5 Å². The summed E-state index contributed by atoms with van der Waals surface area (Å²) in [5.41, 5.74) is 5.68. The van der Waals surface area contributed by atoms with Gasteiger partial charge >= 0.3 is 34.5 Å². The second kappa shape index (κ2) is 9.95. The Morgan fingerprint density at radius 1 is 1.53 bits per heavy atom. The Hall–Kier alpha value is -0.0266. The Balaban J connectivity index is 0.000000770. The summed E-state index contributed by atoms with van der Waals surface area (Å²) < 4.78 is 0. The predicted octanol–water partition coefficient (Wildman–Crippen LogP) is 4.06. The fourth-order valence-corrected chi connectivity index (χ4v) is 1.79. The molecule has 0 atom stereocenters. The molecule has 92 valence electrons. The van der Waals surface area contributed by atoms with Gasteiger partial charge in [0.1, 0.15) is 5.69 Å². The molecule has 0 fully saturated rings. The Labute approximate surface area is 120 Å². The number of nitro groups is 1. The van der Waals surface area contributed by atoms with E-state index in [1.54, 1.807) is 17.8 Å². The van der Waals surface area contributed by atoms with Gasteiger partial charge in [-0.3, -0.25) is 10.1 Å². The summed E-state index contributed by atoms with van der Waals surface area (Å²) in [4.78, 5) is 11.0. The van der Waals surface area contributed by atoms with Crippen LogP contribution >= 0.6 is 31.1 Å². The van der Waals surface area contributed by atoms with Crippen LogP contribution in [0, 0.1) is 10.1 Å². The molecule has 0 aromatic heterocycles. The van der Waals surface area contributed by atoms with Crippen LogP contribution in [0.3, 0.4) is 0 Å². The molecule has 0 saturated carbocycles. The molecular weight excluding hydrogens is 336 g/mol. The Kier molecular flexibility index (Phi) is 9.93.